The van der Waals surface area contributed by atoms with Crippen LogP contribution in [0.1, 0.15) is 233 Å². The predicted molar refractivity (Wildman–Crippen MR) is 256 cm³/mol. The Morgan fingerprint density at radius 3 is 1.15 bits per heavy atom. The van der Waals surface area contributed by atoms with Gasteiger partial charge in [0.2, 0.25) is 0 Å². The first kappa shape index (κ1) is 56.9. The number of allylic oxidation sites excluding steroid dienone is 12. The molecule has 0 saturated heterocycles. The van der Waals surface area contributed by atoms with Crippen LogP contribution < -0.4 is 0 Å². The summed E-state index contributed by atoms with van der Waals surface area (Å²) in [7, 11) is 0. The minimum absolute atomic E-state index is 0.0906. The van der Waals surface area contributed by atoms with Crippen LogP contribution in [0.5, 0.6) is 0 Å². The van der Waals surface area contributed by atoms with Gasteiger partial charge in [0, 0.05) is 19.3 Å². The van der Waals surface area contributed by atoms with E-state index in [0.717, 1.165) is 109 Å². The molecule has 0 amide bonds. The van der Waals surface area contributed by atoms with Crippen molar-refractivity contribution in [3.63, 3.8) is 0 Å². The van der Waals surface area contributed by atoms with Gasteiger partial charge in [-0.05, 0) is 77.0 Å². The molecule has 0 aromatic heterocycles. The van der Waals surface area contributed by atoms with Crippen LogP contribution in [0.3, 0.4) is 0 Å². The molecule has 0 fully saturated rings. The summed E-state index contributed by atoms with van der Waals surface area (Å²) >= 11 is 0. The molecule has 0 rings (SSSR count). The quantitative estimate of drug-likeness (QED) is 0.0200. The third kappa shape index (κ3) is 45.9. The minimum atomic E-state index is -0.792. The molecule has 0 spiro atoms. The molecule has 1 unspecified atom stereocenters. The molecule has 1 atom stereocenters. The molecule has 0 aromatic rings. The van der Waals surface area contributed by atoms with Gasteiger partial charge in [0.15, 0.2) is 6.10 Å². The first-order valence-corrected chi connectivity index (χ1v) is 25.0. The summed E-state index contributed by atoms with van der Waals surface area (Å²) < 4.78 is 16.7. The molecule has 0 aromatic carbocycles. The highest BCUT2D eigenvalue weighted by molar-refractivity contribution is 5.71. The average molecular weight is 837 g/mol. The smallest absolute Gasteiger partial charge is 0.306 e. The maximum Gasteiger partial charge on any atom is 0.306 e. The Morgan fingerprint density at radius 2 is 0.717 bits per heavy atom. The van der Waals surface area contributed by atoms with Gasteiger partial charge in [-0.3, -0.25) is 14.4 Å². The highest BCUT2D eigenvalue weighted by Gasteiger charge is 2.19. The zero-order valence-corrected chi connectivity index (χ0v) is 39.2. The molecular formula is C54H92O6. The molecule has 0 aliphatic heterocycles. The second-order valence-corrected chi connectivity index (χ2v) is 16.4. The van der Waals surface area contributed by atoms with Gasteiger partial charge in [0.05, 0.1) is 0 Å². The SMILES string of the molecule is CC/C=C\C/C=C\C/C=C\CCCCCCC(=O)OC(COC(=O)CCCCCCC\C=C/C=C\C=C/CCCCCCC)COC(=O)CCCCCCCCCCCC. The van der Waals surface area contributed by atoms with Crippen LogP contribution in [0.25, 0.3) is 0 Å². The Labute approximate surface area is 370 Å². The summed E-state index contributed by atoms with van der Waals surface area (Å²) in [4.78, 5) is 37.9. The number of esters is 3. The van der Waals surface area contributed by atoms with Gasteiger partial charge in [-0.25, -0.2) is 0 Å². The summed E-state index contributed by atoms with van der Waals surface area (Å²) in [6.07, 6.45) is 60.2. The highest BCUT2D eigenvalue weighted by atomic mass is 16.6. The highest BCUT2D eigenvalue weighted by Crippen LogP contribution is 2.14. The van der Waals surface area contributed by atoms with Crippen LogP contribution in [-0.4, -0.2) is 37.2 Å². The Hall–Kier alpha value is -3.15. The van der Waals surface area contributed by atoms with Gasteiger partial charge in [0.25, 0.3) is 0 Å². The first-order chi connectivity index (χ1) is 29.5. The molecule has 0 bridgehead atoms. The van der Waals surface area contributed by atoms with E-state index in [1.165, 1.54) is 83.5 Å². The Morgan fingerprint density at radius 1 is 0.367 bits per heavy atom. The maximum absolute atomic E-state index is 12.8. The lowest BCUT2D eigenvalue weighted by Crippen LogP contribution is -2.30. The summed E-state index contributed by atoms with van der Waals surface area (Å²) in [5.41, 5.74) is 0. The summed E-state index contributed by atoms with van der Waals surface area (Å²) in [5.74, 6) is -0.935. The molecular weight excluding hydrogens is 745 g/mol. The summed E-state index contributed by atoms with van der Waals surface area (Å²) in [6, 6.07) is 0. The third-order valence-corrected chi connectivity index (χ3v) is 10.5. The molecule has 344 valence electrons. The van der Waals surface area contributed by atoms with E-state index in [-0.39, 0.29) is 31.1 Å². The fourth-order valence-corrected chi connectivity index (χ4v) is 6.75. The molecule has 0 N–H and O–H groups in total. The van der Waals surface area contributed by atoms with E-state index in [1.54, 1.807) is 0 Å². The fourth-order valence-electron chi connectivity index (χ4n) is 6.75. The molecule has 6 heteroatoms. The second-order valence-electron chi connectivity index (χ2n) is 16.4. The number of ether oxygens (including phenoxy) is 3. The average Bonchev–Trinajstić information content (AvgIpc) is 3.24. The fraction of sp³-hybridized carbons (Fsp3) is 0.722. The monoisotopic (exact) mass is 837 g/mol. The zero-order valence-electron chi connectivity index (χ0n) is 39.2. The van der Waals surface area contributed by atoms with E-state index in [0.29, 0.717) is 19.3 Å². The van der Waals surface area contributed by atoms with Crippen molar-refractivity contribution >= 4 is 17.9 Å². The molecule has 0 heterocycles. The van der Waals surface area contributed by atoms with Crippen molar-refractivity contribution in [1.29, 1.82) is 0 Å². The van der Waals surface area contributed by atoms with Gasteiger partial charge in [-0.2, -0.15) is 0 Å². The van der Waals surface area contributed by atoms with Crippen molar-refractivity contribution in [2.75, 3.05) is 13.2 Å². The van der Waals surface area contributed by atoms with E-state index >= 15 is 0 Å². The van der Waals surface area contributed by atoms with E-state index in [1.807, 2.05) is 0 Å². The summed E-state index contributed by atoms with van der Waals surface area (Å²) in [5, 5.41) is 0. The molecule has 6 nitrogen and oxygen atoms in total. The van der Waals surface area contributed by atoms with E-state index in [4.69, 9.17) is 14.2 Å². The number of unbranched alkanes of at least 4 members (excludes halogenated alkanes) is 23. The molecule has 0 radical (unpaired) electrons. The number of hydrogen-bond acceptors (Lipinski definition) is 6. The zero-order chi connectivity index (χ0) is 43.7. The van der Waals surface area contributed by atoms with Gasteiger partial charge in [-0.1, -0.05) is 209 Å². The lowest BCUT2D eigenvalue weighted by atomic mass is 10.1. The van der Waals surface area contributed by atoms with Gasteiger partial charge < -0.3 is 14.2 Å². The number of rotatable bonds is 44. The Kier molecular flexibility index (Phi) is 46.0. The molecule has 60 heavy (non-hydrogen) atoms. The molecule has 0 saturated carbocycles. The van der Waals surface area contributed by atoms with Crippen molar-refractivity contribution < 1.29 is 28.6 Å². The second kappa shape index (κ2) is 48.5. The number of carbonyl (C=O) groups excluding carboxylic acids is 3. The lowest BCUT2D eigenvalue weighted by molar-refractivity contribution is -0.167. The van der Waals surface area contributed by atoms with Crippen molar-refractivity contribution in [2.45, 2.75) is 239 Å². The van der Waals surface area contributed by atoms with Crippen LogP contribution in [0, 0.1) is 0 Å². The standard InChI is InChI=1S/C54H92O6/c1-4-7-10-13-16-19-22-24-26-27-28-29-31-32-35-38-41-44-47-53(56)59-50-51(49-58-52(55)46-43-40-37-34-21-18-15-12-9-6-3)60-54(57)48-45-42-39-36-33-30-25-23-20-17-14-11-8-5-2/h8,11,17,20,22,24-30,51H,4-7,9-10,12-16,18-19,21,23,31-50H2,1-3H3/b11-8-,20-17-,24-22-,27-26-,29-28-,30-25-. The number of hydrogen-bond donors (Lipinski definition) is 0. The van der Waals surface area contributed by atoms with Crippen molar-refractivity contribution in [3.05, 3.63) is 72.9 Å². The normalized spacial score (nSPS) is 12.7. The van der Waals surface area contributed by atoms with Crippen LogP contribution >= 0.6 is 0 Å². The maximum atomic E-state index is 12.8. The van der Waals surface area contributed by atoms with Crippen LogP contribution in [0.4, 0.5) is 0 Å². The minimum Gasteiger partial charge on any atom is -0.462 e. The van der Waals surface area contributed by atoms with Gasteiger partial charge in [-0.15, -0.1) is 0 Å². The topological polar surface area (TPSA) is 78.9 Å². The Balaban J connectivity index is 4.42. The van der Waals surface area contributed by atoms with Crippen molar-refractivity contribution in [2.24, 2.45) is 0 Å². The van der Waals surface area contributed by atoms with E-state index < -0.39 is 6.10 Å². The summed E-state index contributed by atoms with van der Waals surface area (Å²) in [6.45, 7) is 6.45. The van der Waals surface area contributed by atoms with Gasteiger partial charge in [0.1, 0.15) is 13.2 Å². The predicted octanol–water partition coefficient (Wildman–Crippen LogP) is 16.3. The molecule has 0 aliphatic carbocycles. The first-order valence-electron chi connectivity index (χ1n) is 25.0. The van der Waals surface area contributed by atoms with Crippen molar-refractivity contribution in [1.82, 2.24) is 0 Å². The molecule has 0 aliphatic rings. The van der Waals surface area contributed by atoms with E-state index in [2.05, 4.69) is 93.7 Å². The third-order valence-electron chi connectivity index (χ3n) is 10.5. The van der Waals surface area contributed by atoms with Crippen LogP contribution in [0.15, 0.2) is 72.9 Å². The lowest BCUT2D eigenvalue weighted by Gasteiger charge is -2.18. The van der Waals surface area contributed by atoms with Crippen LogP contribution in [0.2, 0.25) is 0 Å². The van der Waals surface area contributed by atoms with E-state index in [9.17, 15) is 14.4 Å². The van der Waals surface area contributed by atoms with Gasteiger partial charge >= 0.3 is 17.9 Å². The number of carbonyl (C=O) groups is 3. The largest absolute Gasteiger partial charge is 0.462 e. The Bertz CT molecular complexity index is 1140. The van der Waals surface area contributed by atoms with Crippen LogP contribution in [-0.2, 0) is 28.6 Å². The van der Waals surface area contributed by atoms with Crippen molar-refractivity contribution in [3.8, 4) is 0 Å².